The molecule has 16 heavy (non-hydrogen) atoms. The summed E-state index contributed by atoms with van der Waals surface area (Å²) >= 11 is 2.22. The molecule has 0 bridgehead atoms. The number of rotatable bonds is 3. The zero-order valence-electron chi connectivity index (χ0n) is 9.47. The molecule has 1 heterocycles. The van der Waals surface area contributed by atoms with Gasteiger partial charge in [-0.2, -0.15) is 0 Å². The molecular formula is C11H20IN3O. The molecule has 3 N–H and O–H groups in total. The lowest BCUT2D eigenvalue weighted by atomic mass is 9.91. The van der Waals surface area contributed by atoms with Crippen LogP contribution >= 0.6 is 22.9 Å². The van der Waals surface area contributed by atoms with E-state index in [1.54, 1.807) is 0 Å². The zero-order valence-corrected chi connectivity index (χ0v) is 11.6. The average molecular weight is 337 g/mol. The molecule has 0 unspecified atom stereocenters. The number of nitrogens with one attached hydrogen (secondary N) is 3. The van der Waals surface area contributed by atoms with Crippen LogP contribution in [0.15, 0.2) is 0 Å². The molecule has 2 rings (SSSR count). The fourth-order valence-corrected chi connectivity index (χ4v) is 3.18. The van der Waals surface area contributed by atoms with Gasteiger partial charge in [0.1, 0.15) is 0 Å². The van der Waals surface area contributed by atoms with E-state index in [0.717, 1.165) is 32.2 Å². The minimum absolute atomic E-state index is 0.0698. The van der Waals surface area contributed by atoms with Crippen molar-refractivity contribution >= 4 is 28.8 Å². The SMILES string of the molecule is O=C(N[C@H]1CC[C@H](NI)CC1)[C@H]1CCCN1. The summed E-state index contributed by atoms with van der Waals surface area (Å²) in [5.41, 5.74) is 0. The van der Waals surface area contributed by atoms with E-state index in [4.69, 9.17) is 0 Å². The first-order chi connectivity index (χ1) is 7.79. The van der Waals surface area contributed by atoms with Gasteiger partial charge < -0.3 is 10.6 Å². The van der Waals surface area contributed by atoms with Gasteiger partial charge in [-0.05, 0) is 45.1 Å². The van der Waals surface area contributed by atoms with E-state index in [1.165, 1.54) is 12.8 Å². The molecule has 0 radical (unpaired) electrons. The molecule has 1 saturated carbocycles. The van der Waals surface area contributed by atoms with Crippen molar-refractivity contribution in [3.8, 4) is 0 Å². The zero-order chi connectivity index (χ0) is 11.4. The maximum absolute atomic E-state index is 11.9. The average Bonchev–Trinajstić information content (AvgIpc) is 2.83. The van der Waals surface area contributed by atoms with Gasteiger partial charge in [-0.3, -0.25) is 8.32 Å². The van der Waals surface area contributed by atoms with Gasteiger partial charge in [-0.1, -0.05) is 0 Å². The Balaban J connectivity index is 1.71. The third kappa shape index (κ3) is 3.30. The standard InChI is InChI=1S/C11H20IN3O/c12-15-9-5-3-8(4-6-9)14-11(16)10-2-1-7-13-10/h8-10,13,15H,1-7H2,(H,14,16)/t8-,9-,10-/m1/s1. The molecule has 0 aromatic heterocycles. The van der Waals surface area contributed by atoms with E-state index in [-0.39, 0.29) is 11.9 Å². The van der Waals surface area contributed by atoms with Gasteiger partial charge >= 0.3 is 0 Å². The van der Waals surface area contributed by atoms with E-state index >= 15 is 0 Å². The minimum Gasteiger partial charge on any atom is -0.352 e. The van der Waals surface area contributed by atoms with Crippen LogP contribution in [0.2, 0.25) is 0 Å². The maximum Gasteiger partial charge on any atom is 0.237 e. The van der Waals surface area contributed by atoms with Crippen LogP contribution in [-0.2, 0) is 4.79 Å². The molecule has 92 valence electrons. The van der Waals surface area contributed by atoms with Crippen LogP contribution in [0.5, 0.6) is 0 Å². The number of carbonyl (C=O) groups excluding carboxylic acids is 1. The first-order valence-electron chi connectivity index (χ1n) is 6.19. The van der Waals surface area contributed by atoms with Crippen molar-refractivity contribution in [2.45, 2.75) is 56.7 Å². The maximum atomic E-state index is 11.9. The van der Waals surface area contributed by atoms with Crippen molar-refractivity contribution in [2.75, 3.05) is 6.54 Å². The van der Waals surface area contributed by atoms with Crippen molar-refractivity contribution < 1.29 is 4.79 Å². The molecule has 1 amide bonds. The molecule has 5 heteroatoms. The van der Waals surface area contributed by atoms with Crippen molar-refractivity contribution in [3.05, 3.63) is 0 Å². The molecule has 0 spiro atoms. The number of hydrogen-bond donors (Lipinski definition) is 3. The van der Waals surface area contributed by atoms with Crippen LogP contribution in [0.25, 0.3) is 0 Å². The summed E-state index contributed by atoms with van der Waals surface area (Å²) in [7, 11) is 0. The minimum atomic E-state index is 0.0698. The van der Waals surface area contributed by atoms with E-state index < -0.39 is 0 Å². The highest BCUT2D eigenvalue weighted by molar-refractivity contribution is 14.1. The normalized spacial score (nSPS) is 34.9. The van der Waals surface area contributed by atoms with E-state index in [0.29, 0.717) is 12.1 Å². The van der Waals surface area contributed by atoms with Crippen molar-refractivity contribution in [1.29, 1.82) is 0 Å². The second-order valence-corrected chi connectivity index (χ2v) is 5.44. The molecule has 0 aromatic carbocycles. The largest absolute Gasteiger partial charge is 0.352 e. The Labute approximate surface area is 111 Å². The molecule has 1 saturated heterocycles. The predicted octanol–water partition coefficient (Wildman–Crippen LogP) is 1.11. The fourth-order valence-electron chi connectivity index (χ4n) is 2.56. The van der Waals surface area contributed by atoms with Crippen LogP contribution in [0.4, 0.5) is 0 Å². The molecule has 2 fully saturated rings. The molecule has 1 aliphatic carbocycles. The van der Waals surface area contributed by atoms with Crippen LogP contribution in [0.1, 0.15) is 38.5 Å². The number of hydrogen-bond acceptors (Lipinski definition) is 3. The van der Waals surface area contributed by atoms with Crippen molar-refractivity contribution in [3.63, 3.8) is 0 Å². The van der Waals surface area contributed by atoms with Gasteiger partial charge in [-0.25, -0.2) is 0 Å². The Morgan fingerprint density at radius 1 is 1.12 bits per heavy atom. The first kappa shape index (κ1) is 12.6. The van der Waals surface area contributed by atoms with Gasteiger partial charge in [-0.15, -0.1) is 0 Å². The summed E-state index contributed by atoms with van der Waals surface area (Å²) in [6.07, 6.45) is 6.69. The van der Waals surface area contributed by atoms with Gasteiger partial charge in [0.2, 0.25) is 5.91 Å². The second kappa shape index (κ2) is 6.16. The van der Waals surface area contributed by atoms with Gasteiger partial charge in [0, 0.05) is 34.9 Å². The van der Waals surface area contributed by atoms with Crippen LogP contribution in [0.3, 0.4) is 0 Å². The molecule has 0 aromatic rings. The van der Waals surface area contributed by atoms with Crippen molar-refractivity contribution in [1.82, 2.24) is 14.2 Å². The van der Waals surface area contributed by atoms with E-state index in [1.807, 2.05) is 0 Å². The molecule has 2 aliphatic rings. The Morgan fingerprint density at radius 3 is 2.38 bits per heavy atom. The van der Waals surface area contributed by atoms with Crippen molar-refractivity contribution in [2.24, 2.45) is 0 Å². The summed E-state index contributed by atoms with van der Waals surface area (Å²) in [5, 5.41) is 6.41. The topological polar surface area (TPSA) is 53.2 Å². The third-order valence-electron chi connectivity index (χ3n) is 3.60. The lowest BCUT2D eigenvalue weighted by Gasteiger charge is -2.29. The lowest BCUT2D eigenvalue weighted by molar-refractivity contribution is -0.123. The van der Waals surface area contributed by atoms with E-state index in [9.17, 15) is 4.79 Å². The quantitative estimate of drug-likeness (QED) is 0.534. The Bertz CT molecular complexity index is 235. The monoisotopic (exact) mass is 337 g/mol. The lowest BCUT2D eigenvalue weighted by Crippen LogP contribution is -2.47. The number of carbonyl (C=O) groups is 1. The van der Waals surface area contributed by atoms with Crippen LogP contribution in [0, 0.1) is 0 Å². The Morgan fingerprint density at radius 2 is 1.81 bits per heavy atom. The highest BCUT2D eigenvalue weighted by Gasteiger charge is 2.26. The second-order valence-electron chi connectivity index (χ2n) is 4.82. The van der Waals surface area contributed by atoms with Gasteiger partial charge in [0.05, 0.1) is 6.04 Å². The molecular weight excluding hydrogens is 317 g/mol. The molecule has 1 aliphatic heterocycles. The highest BCUT2D eigenvalue weighted by atomic mass is 127. The van der Waals surface area contributed by atoms with Gasteiger partial charge in [0.25, 0.3) is 0 Å². The summed E-state index contributed by atoms with van der Waals surface area (Å²) in [5.74, 6) is 0.211. The number of halogens is 1. The fraction of sp³-hybridized carbons (Fsp3) is 0.909. The van der Waals surface area contributed by atoms with Crippen LogP contribution in [-0.4, -0.2) is 30.6 Å². The third-order valence-corrected chi connectivity index (χ3v) is 4.49. The summed E-state index contributed by atoms with van der Waals surface area (Å²) in [4.78, 5) is 11.9. The molecule has 4 nitrogen and oxygen atoms in total. The Kier molecular flexibility index (Phi) is 4.84. The molecule has 1 atom stereocenters. The summed E-state index contributed by atoms with van der Waals surface area (Å²) in [6, 6.07) is 1.11. The first-order valence-corrected chi connectivity index (χ1v) is 7.27. The van der Waals surface area contributed by atoms with E-state index in [2.05, 4.69) is 37.0 Å². The number of amides is 1. The highest BCUT2D eigenvalue weighted by Crippen LogP contribution is 2.19. The summed E-state index contributed by atoms with van der Waals surface area (Å²) < 4.78 is 3.28. The summed E-state index contributed by atoms with van der Waals surface area (Å²) in [6.45, 7) is 0.990. The smallest absolute Gasteiger partial charge is 0.237 e. The van der Waals surface area contributed by atoms with Gasteiger partial charge in [0.15, 0.2) is 0 Å². The Hall–Kier alpha value is 0.120. The van der Waals surface area contributed by atoms with Crippen LogP contribution < -0.4 is 14.2 Å². The predicted molar refractivity (Wildman–Crippen MR) is 72.4 cm³/mol.